The molecule has 0 aromatic heterocycles. The van der Waals surface area contributed by atoms with Gasteiger partial charge in [0, 0.05) is 5.56 Å². The Hall–Kier alpha value is -1.87. The maximum atomic E-state index is 13.3. The topological polar surface area (TPSA) is 40.5 Å². The average Bonchev–Trinajstić information content (AvgIpc) is 2.97. The highest BCUT2D eigenvalue weighted by Crippen LogP contribution is 2.61. The van der Waals surface area contributed by atoms with Gasteiger partial charge in [0.15, 0.2) is 0 Å². The molecule has 142 valence electrons. The zero-order valence-corrected chi connectivity index (χ0v) is 15.8. The van der Waals surface area contributed by atoms with Gasteiger partial charge >= 0.3 is 0 Å². The van der Waals surface area contributed by atoms with Crippen molar-refractivity contribution in [3.8, 4) is 16.9 Å². The van der Waals surface area contributed by atoms with E-state index >= 15 is 0 Å². The molecule has 3 aliphatic rings. The van der Waals surface area contributed by atoms with E-state index in [1.807, 2.05) is 6.07 Å². The van der Waals surface area contributed by atoms with Crippen LogP contribution in [0.1, 0.15) is 56.1 Å². The van der Waals surface area contributed by atoms with Crippen LogP contribution in [0.4, 0.5) is 4.39 Å². The maximum Gasteiger partial charge on any atom is 0.123 e. The first-order valence-electron chi connectivity index (χ1n) is 10.3. The van der Waals surface area contributed by atoms with Crippen LogP contribution in [-0.2, 0) is 6.42 Å². The Kier molecular flexibility index (Phi) is 3.87. The summed E-state index contributed by atoms with van der Waals surface area (Å²) in [5.41, 5.74) is 4.37. The molecule has 0 heterocycles. The van der Waals surface area contributed by atoms with Gasteiger partial charge in [-0.2, -0.15) is 0 Å². The lowest BCUT2D eigenvalue weighted by atomic mass is 9.55. The lowest BCUT2D eigenvalue weighted by Crippen LogP contribution is -2.43. The number of fused-ring (bicyclic) bond motifs is 5. The summed E-state index contributed by atoms with van der Waals surface area (Å²) in [4.78, 5) is 0. The number of hydrogen-bond donors (Lipinski definition) is 2. The van der Waals surface area contributed by atoms with Crippen LogP contribution in [0.3, 0.4) is 0 Å². The second kappa shape index (κ2) is 6.07. The Balaban J connectivity index is 1.55. The molecule has 0 unspecified atom stereocenters. The molecule has 2 fully saturated rings. The predicted octanol–water partition coefficient (Wildman–Crippen LogP) is 5.42. The van der Waals surface area contributed by atoms with Crippen LogP contribution in [-0.4, -0.2) is 16.3 Å². The molecule has 0 radical (unpaired) electrons. The molecule has 3 heteroatoms. The van der Waals surface area contributed by atoms with E-state index in [4.69, 9.17) is 0 Å². The number of aromatic hydroxyl groups is 1. The summed E-state index contributed by atoms with van der Waals surface area (Å²) < 4.78 is 13.3. The number of aliphatic hydroxyl groups is 1. The van der Waals surface area contributed by atoms with Crippen LogP contribution in [0, 0.1) is 23.1 Å². The molecule has 27 heavy (non-hydrogen) atoms. The van der Waals surface area contributed by atoms with Gasteiger partial charge in [-0.15, -0.1) is 0 Å². The fourth-order valence-corrected chi connectivity index (χ4v) is 6.44. The quantitative estimate of drug-likeness (QED) is 0.708. The molecule has 0 amide bonds. The van der Waals surface area contributed by atoms with E-state index in [0.29, 0.717) is 17.8 Å². The Bertz CT molecular complexity index is 875. The fourth-order valence-electron chi connectivity index (χ4n) is 6.44. The molecule has 2 nitrogen and oxygen atoms in total. The van der Waals surface area contributed by atoms with Crippen molar-refractivity contribution in [2.45, 2.75) is 57.5 Å². The standard InChI is InChI=1S/C24H27FO2/c1-24-11-10-17-18(21(24)8-9-23(24)27)7-4-15-12-22(26)20(13-19(15)17)14-2-5-16(25)6-3-14/h2-3,5-6,12-13,17-18,21,23,26-27H,4,7-11H2,1H3/t17-,18+,21-,23-,24-/m0/s1. The molecular formula is C24H27FO2. The largest absolute Gasteiger partial charge is 0.507 e. The number of benzene rings is 2. The summed E-state index contributed by atoms with van der Waals surface area (Å²) in [6.45, 7) is 2.29. The van der Waals surface area contributed by atoms with Crippen LogP contribution in [0.25, 0.3) is 11.1 Å². The first-order valence-corrected chi connectivity index (χ1v) is 10.3. The van der Waals surface area contributed by atoms with Crippen molar-refractivity contribution in [3.05, 3.63) is 53.3 Å². The minimum Gasteiger partial charge on any atom is -0.507 e. The van der Waals surface area contributed by atoms with E-state index < -0.39 is 0 Å². The molecule has 2 saturated carbocycles. The van der Waals surface area contributed by atoms with Gasteiger partial charge < -0.3 is 10.2 Å². The van der Waals surface area contributed by atoms with E-state index in [9.17, 15) is 14.6 Å². The Morgan fingerprint density at radius 2 is 1.81 bits per heavy atom. The van der Waals surface area contributed by atoms with E-state index in [0.717, 1.165) is 49.7 Å². The van der Waals surface area contributed by atoms with Gasteiger partial charge in [-0.3, -0.25) is 0 Å². The van der Waals surface area contributed by atoms with Crippen LogP contribution in [0.5, 0.6) is 5.75 Å². The summed E-state index contributed by atoms with van der Waals surface area (Å²) in [5.74, 6) is 1.76. The van der Waals surface area contributed by atoms with Crippen molar-refractivity contribution in [3.63, 3.8) is 0 Å². The third-order valence-corrected chi connectivity index (χ3v) is 7.95. The van der Waals surface area contributed by atoms with Gasteiger partial charge in [-0.05, 0) is 103 Å². The lowest BCUT2D eigenvalue weighted by molar-refractivity contribution is -0.0226. The zero-order chi connectivity index (χ0) is 18.8. The molecular weight excluding hydrogens is 339 g/mol. The summed E-state index contributed by atoms with van der Waals surface area (Å²) >= 11 is 0. The SMILES string of the molecule is C[C@]12CC[C@@H]3c4cc(-c5ccc(F)cc5)c(O)cc4CC[C@H]3[C@@H]1CC[C@@H]2O. The van der Waals surface area contributed by atoms with Gasteiger partial charge in [-0.25, -0.2) is 4.39 Å². The van der Waals surface area contributed by atoms with Crippen LogP contribution in [0.2, 0.25) is 0 Å². The highest BCUT2D eigenvalue weighted by molar-refractivity contribution is 5.72. The maximum absolute atomic E-state index is 13.3. The zero-order valence-electron chi connectivity index (χ0n) is 15.8. The highest BCUT2D eigenvalue weighted by Gasteiger charge is 2.54. The monoisotopic (exact) mass is 366 g/mol. The van der Waals surface area contributed by atoms with Crippen LogP contribution >= 0.6 is 0 Å². The Labute approximate surface area is 160 Å². The molecule has 2 aromatic carbocycles. The van der Waals surface area contributed by atoms with Crippen molar-refractivity contribution in [1.82, 2.24) is 0 Å². The first kappa shape index (κ1) is 17.2. The summed E-state index contributed by atoms with van der Waals surface area (Å²) in [6.07, 6.45) is 6.25. The highest BCUT2D eigenvalue weighted by atomic mass is 19.1. The molecule has 2 N–H and O–H groups in total. The third kappa shape index (κ3) is 2.55. The molecule has 2 aromatic rings. The summed E-state index contributed by atoms with van der Waals surface area (Å²) in [6, 6.07) is 10.5. The van der Waals surface area contributed by atoms with Gasteiger partial charge in [0.05, 0.1) is 6.10 Å². The lowest BCUT2D eigenvalue weighted by Gasteiger charge is -2.50. The van der Waals surface area contributed by atoms with Crippen molar-refractivity contribution in [2.75, 3.05) is 0 Å². The molecule has 5 rings (SSSR count). The second-order valence-corrected chi connectivity index (χ2v) is 9.13. The van der Waals surface area contributed by atoms with E-state index in [1.54, 1.807) is 12.1 Å². The number of halogens is 1. The number of rotatable bonds is 1. The van der Waals surface area contributed by atoms with Crippen molar-refractivity contribution in [2.24, 2.45) is 17.3 Å². The van der Waals surface area contributed by atoms with Crippen molar-refractivity contribution in [1.29, 1.82) is 0 Å². The smallest absolute Gasteiger partial charge is 0.123 e. The van der Waals surface area contributed by atoms with E-state index in [-0.39, 0.29) is 23.1 Å². The van der Waals surface area contributed by atoms with Crippen LogP contribution < -0.4 is 0 Å². The van der Waals surface area contributed by atoms with Crippen molar-refractivity contribution < 1.29 is 14.6 Å². The normalized spacial score (nSPS) is 34.6. The number of phenols is 1. The number of hydrogen-bond acceptors (Lipinski definition) is 2. The summed E-state index contributed by atoms with van der Waals surface area (Å²) in [7, 11) is 0. The van der Waals surface area contributed by atoms with E-state index in [2.05, 4.69) is 13.0 Å². The number of phenolic OH excluding ortho intramolecular Hbond substituents is 1. The summed E-state index contributed by atoms with van der Waals surface area (Å²) in [5, 5.41) is 21.1. The van der Waals surface area contributed by atoms with E-state index in [1.165, 1.54) is 23.3 Å². The predicted molar refractivity (Wildman–Crippen MR) is 104 cm³/mol. The van der Waals surface area contributed by atoms with Gasteiger partial charge in [0.25, 0.3) is 0 Å². The Morgan fingerprint density at radius 3 is 2.59 bits per heavy atom. The van der Waals surface area contributed by atoms with Crippen molar-refractivity contribution >= 4 is 0 Å². The average molecular weight is 366 g/mol. The van der Waals surface area contributed by atoms with Gasteiger partial charge in [0.2, 0.25) is 0 Å². The number of aliphatic hydroxyl groups excluding tert-OH is 1. The van der Waals surface area contributed by atoms with Gasteiger partial charge in [-0.1, -0.05) is 19.1 Å². The molecule has 0 aliphatic heterocycles. The molecule has 0 bridgehead atoms. The molecule has 0 spiro atoms. The van der Waals surface area contributed by atoms with Gasteiger partial charge in [0.1, 0.15) is 11.6 Å². The minimum atomic E-state index is -0.261. The molecule has 3 aliphatic carbocycles. The molecule has 5 atom stereocenters. The number of aryl methyl sites for hydroxylation is 1. The molecule has 0 saturated heterocycles. The fraction of sp³-hybridized carbons (Fsp3) is 0.500. The van der Waals surface area contributed by atoms with Crippen LogP contribution in [0.15, 0.2) is 36.4 Å². The minimum absolute atomic E-state index is 0.0787. The third-order valence-electron chi connectivity index (χ3n) is 7.95. The first-order chi connectivity index (χ1) is 13.0. The Morgan fingerprint density at radius 1 is 1.04 bits per heavy atom. The second-order valence-electron chi connectivity index (χ2n) is 9.13.